The van der Waals surface area contributed by atoms with Crippen LogP contribution >= 0.6 is 0 Å². The third-order valence-electron chi connectivity index (χ3n) is 8.03. The standard InChI is InChI=1S/C29H32N6O4S/c30-16-23-15-22(3-6-27(23)39-26-9-13-40(36,37)14-10-26)28-31-19-32-29(34-28)33-24-4-1-20(2-5-24)21-7-11-35(12-8-21)25-17-38-18-25/h1-6,15,19,21,25-26H,7-14,17-18H2,(H,31,32,33,34). The van der Waals surface area contributed by atoms with E-state index < -0.39 is 9.84 Å². The largest absolute Gasteiger partial charge is 0.489 e. The van der Waals surface area contributed by atoms with E-state index in [-0.39, 0.29) is 17.6 Å². The lowest BCUT2D eigenvalue weighted by Gasteiger charge is -2.41. The van der Waals surface area contributed by atoms with Crippen LogP contribution in [0, 0.1) is 11.3 Å². The Morgan fingerprint density at radius 3 is 2.42 bits per heavy atom. The van der Waals surface area contributed by atoms with Gasteiger partial charge in [-0.2, -0.15) is 10.2 Å². The number of rotatable bonds is 7. The third-order valence-corrected chi connectivity index (χ3v) is 9.75. The highest BCUT2D eigenvalue weighted by atomic mass is 32.2. The minimum absolute atomic E-state index is 0.108. The van der Waals surface area contributed by atoms with Crippen molar-refractivity contribution in [3.8, 4) is 23.2 Å². The monoisotopic (exact) mass is 560 g/mol. The van der Waals surface area contributed by atoms with E-state index in [0.717, 1.165) is 44.8 Å². The third kappa shape index (κ3) is 6.09. The van der Waals surface area contributed by atoms with Gasteiger partial charge in [-0.3, -0.25) is 4.90 Å². The lowest BCUT2D eigenvalue weighted by atomic mass is 9.88. The van der Waals surface area contributed by atoms with Crippen molar-refractivity contribution in [2.45, 2.75) is 43.7 Å². The number of hydrogen-bond acceptors (Lipinski definition) is 10. The molecule has 0 aliphatic carbocycles. The van der Waals surface area contributed by atoms with E-state index >= 15 is 0 Å². The molecular weight excluding hydrogens is 528 g/mol. The SMILES string of the molecule is N#Cc1cc(-c2ncnc(Nc3ccc(C4CCN(C5COC5)CC4)cc3)n2)ccc1OC1CCS(=O)(=O)CC1. The summed E-state index contributed by atoms with van der Waals surface area (Å²) in [6.07, 6.45) is 4.39. The quantitative estimate of drug-likeness (QED) is 0.457. The summed E-state index contributed by atoms with van der Waals surface area (Å²) < 4.78 is 34.7. The molecule has 3 fully saturated rings. The maximum Gasteiger partial charge on any atom is 0.230 e. The second-order valence-electron chi connectivity index (χ2n) is 10.7. The number of hydrogen-bond donors (Lipinski definition) is 1. The first-order chi connectivity index (χ1) is 19.5. The Balaban J connectivity index is 1.09. The number of likely N-dealkylation sites (tertiary alicyclic amines) is 1. The Morgan fingerprint density at radius 2 is 1.75 bits per heavy atom. The highest BCUT2D eigenvalue weighted by molar-refractivity contribution is 7.91. The van der Waals surface area contributed by atoms with E-state index in [4.69, 9.17) is 9.47 Å². The normalized spacial score (nSPS) is 20.4. The number of ether oxygens (including phenoxy) is 2. The van der Waals surface area contributed by atoms with Gasteiger partial charge < -0.3 is 14.8 Å². The molecule has 40 heavy (non-hydrogen) atoms. The second-order valence-corrected chi connectivity index (χ2v) is 13.0. The van der Waals surface area contributed by atoms with E-state index in [0.29, 0.717) is 53.5 Å². The van der Waals surface area contributed by atoms with Crippen LogP contribution in [-0.2, 0) is 14.6 Å². The molecule has 1 aromatic heterocycles. The van der Waals surface area contributed by atoms with Crippen molar-refractivity contribution in [2.24, 2.45) is 0 Å². The van der Waals surface area contributed by atoms with Crippen molar-refractivity contribution in [3.05, 3.63) is 59.9 Å². The van der Waals surface area contributed by atoms with E-state index in [1.54, 1.807) is 18.2 Å². The summed E-state index contributed by atoms with van der Waals surface area (Å²) in [5.74, 6) is 2.07. The fourth-order valence-corrected chi connectivity index (χ4v) is 6.97. The van der Waals surface area contributed by atoms with E-state index in [1.807, 2.05) is 0 Å². The number of piperidine rings is 1. The van der Waals surface area contributed by atoms with E-state index in [1.165, 1.54) is 11.9 Å². The van der Waals surface area contributed by atoms with Gasteiger partial charge in [0.1, 0.15) is 24.3 Å². The number of nitrogens with one attached hydrogen (secondary N) is 1. The molecule has 0 atom stereocenters. The average Bonchev–Trinajstić information content (AvgIpc) is 2.94. The molecule has 0 saturated carbocycles. The van der Waals surface area contributed by atoms with Gasteiger partial charge >= 0.3 is 0 Å². The molecule has 6 rings (SSSR count). The number of benzene rings is 2. The van der Waals surface area contributed by atoms with Crippen molar-refractivity contribution in [3.63, 3.8) is 0 Å². The van der Waals surface area contributed by atoms with Gasteiger partial charge in [0.25, 0.3) is 0 Å². The summed E-state index contributed by atoms with van der Waals surface area (Å²) in [7, 11) is -2.98. The van der Waals surface area contributed by atoms with E-state index in [2.05, 4.69) is 55.5 Å². The number of nitrogens with zero attached hydrogens (tertiary/aromatic N) is 5. The number of aromatic nitrogens is 3. The van der Waals surface area contributed by atoms with Crippen LogP contribution in [0.3, 0.4) is 0 Å². The van der Waals surface area contributed by atoms with Crippen LogP contribution in [0.5, 0.6) is 5.75 Å². The Kier molecular flexibility index (Phi) is 7.65. The first-order valence-electron chi connectivity index (χ1n) is 13.8. The van der Waals surface area contributed by atoms with Crippen molar-refractivity contribution in [1.29, 1.82) is 5.26 Å². The van der Waals surface area contributed by atoms with Gasteiger partial charge in [-0.1, -0.05) is 12.1 Å². The molecule has 3 aliphatic heterocycles. The van der Waals surface area contributed by atoms with Crippen molar-refractivity contribution < 1.29 is 17.9 Å². The number of sulfone groups is 1. The van der Waals surface area contributed by atoms with Gasteiger partial charge in [-0.25, -0.2) is 18.4 Å². The molecule has 208 valence electrons. The summed E-state index contributed by atoms with van der Waals surface area (Å²) >= 11 is 0. The minimum Gasteiger partial charge on any atom is -0.489 e. The second kappa shape index (κ2) is 11.5. The molecule has 11 heteroatoms. The molecule has 0 bridgehead atoms. The van der Waals surface area contributed by atoms with Gasteiger partial charge in [0.05, 0.1) is 36.3 Å². The van der Waals surface area contributed by atoms with Crippen LogP contribution < -0.4 is 10.1 Å². The molecule has 3 aliphatic rings. The highest BCUT2D eigenvalue weighted by Gasteiger charge is 2.30. The molecule has 0 unspecified atom stereocenters. The van der Waals surface area contributed by atoms with Gasteiger partial charge in [0.15, 0.2) is 15.7 Å². The van der Waals surface area contributed by atoms with Crippen LogP contribution in [0.4, 0.5) is 11.6 Å². The van der Waals surface area contributed by atoms with Crippen LogP contribution in [0.15, 0.2) is 48.8 Å². The molecule has 1 N–H and O–H groups in total. The predicted molar refractivity (Wildman–Crippen MR) is 150 cm³/mol. The Morgan fingerprint density at radius 1 is 1.00 bits per heavy atom. The fourth-order valence-electron chi connectivity index (χ4n) is 5.52. The molecule has 10 nitrogen and oxygen atoms in total. The number of nitriles is 1. The smallest absolute Gasteiger partial charge is 0.230 e. The molecule has 3 saturated heterocycles. The molecular formula is C29H32N6O4S. The Labute approximate surface area is 234 Å². The Hall–Kier alpha value is -3.59. The lowest BCUT2D eigenvalue weighted by molar-refractivity contribution is -0.0712. The summed E-state index contributed by atoms with van der Waals surface area (Å²) in [5.41, 5.74) is 3.26. The summed E-state index contributed by atoms with van der Waals surface area (Å²) in [5, 5.41) is 13.0. The zero-order valence-electron chi connectivity index (χ0n) is 22.2. The zero-order valence-corrected chi connectivity index (χ0v) is 23.0. The van der Waals surface area contributed by atoms with Gasteiger partial charge in [0, 0.05) is 11.3 Å². The first-order valence-corrected chi connectivity index (χ1v) is 15.6. The van der Waals surface area contributed by atoms with Crippen LogP contribution in [0.1, 0.15) is 42.7 Å². The van der Waals surface area contributed by atoms with Gasteiger partial charge in [-0.15, -0.1) is 0 Å². The van der Waals surface area contributed by atoms with Crippen molar-refractivity contribution in [1.82, 2.24) is 19.9 Å². The van der Waals surface area contributed by atoms with Gasteiger partial charge in [-0.05, 0) is 80.6 Å². The molecule has 2 aromatic carbocycles. The van der Waals surface area contributed by atoms with Crippen LogP contribution in [0.25, 0.3) is 11.4 Å². The summed E-state index contributed by atoms with van der Waals surface area (Å²) in [4.78, 5) is 15.7. The first kappa shape index (κ1) is 26.6. The maximum atomic E-state index is 11.7. The average molecular weight is 561 g/mol. The molecule has 4 heterocycles. The van der Waals surface area contributed by atoms with Crippen molar-refractivity contribution >= 4 is 21.5 Å². The molecule has 0 amide bonds. The highest BCUT2D eigenvalue weighted by Crippen LogP contribution is 2.31. The predicted octanol–water partition coefficient (Wildman–Crippen LogP) is 3.69. The lowest BCUT2D eigenvalue weighted by Crippen LogP contribution is -2.51. The molecule has 3 aromatic rings. The van der Waals surface area contributed by atoms with Crippen LogP contribution in [-0.4, -0.2) is 78.2 Å². The van der Waals surface area contributed by atoms with E-state index in [9.17, 15) is 13.7 Å². The van der Waals surface area contributed by atoms with Crippen molar-refractivity contribution in [2.75, 3.05) is 43.1 Å². The Bertz CT molecular complexity index is 1480. The van der Waals surface area contributed by atoms with Crippen LogP contribution in [0.2, 0.25) is 0 Å². The molecule has 0 radical (unpaired) electrons. The summed E-state index contributed by atoms with van der Waals surface area (Å²) in [6, 6.07) is 16.5. The zero-order chi connectivity index (χ0) is 27.5. The topological polar surface area (TPSA) is 130 Å². The number of anilines is 2. The van der Waals surface area contributed by atoms with Gasteiger partial charge in [0.2, 0.25) is 5.95 Å². The minimum atomic E-state index is -2.98. The molecule has 0 spiro atoms. The summed E-state index contributed by atoms with van der Waals surface area (Å²) in [6.45, 7) is 3.99. The maximum absolute atomic E-state index is 11.7. The fraction of sp³-hybridized carbons (Fsp3) is 0.448.